The van der Waals surface area contributed by atoms with Crippen molar-refractivity contribution >= 4 is 0 Å². The molecule has 188 valence electrons. The van der Waals surface area contributed by atoms with E-state index in [4.69, 9.17) is 23.4 Å². The summed E-state index contributed by atoms with van der Waals surface area (Å²) < 4.78 is 47.8. The zero-order chi connectivity index (χ0) is 24.3. The van der Waals surface area contributed by atoms with Gasteiger partial charge in [-0.05, 0) is 61.4 Å². The summed E-state index contributed by atoms with van der Waals surface area (Å²) in [6, 6.07) is 16.1. The highest BCUT2D eigenvalue weighted by molar-refractivity contribution is 5.46. The number of piperidine rings is 1. The average Bonchev–Trinajstić information content (AvgIpc) is 3.36. The molecule has 4 nitrogen and oxygen atoms in total. The quantitative estimate of drug-likeness (QED) is 0.457. The molecule has 0 amide bonds. The molecule has 2 aliphatic rings. The molecule has 2 aliphatic heterocycles. The Balaban J connectivity index is 0.00000158. The van der Waals surface area contributed by atoms with Gasteiger partial charge in [0.2, 0.25) is 6.79 Å². The second kappa shape index (κ2) is 13.9. The molecule has 0 bridgehead atoms. The summed E-state index contributed by atoms with van der Waals surface area (Å²) in [5.41, 5.74) is 11.3. The van der Waals surface area contributed by atoms with Crippen molar-refractivity contribution in [3.05, 3.63) is 89.4 Å². The molecular weight excluding hydrogens is 462 g/mol. The van der Waals surface area contributed by atoms with Gasteiger partial charge in [0.05, 0.1) is 6.61 Å². The van der Waals surface area contributed by atoms with Crippen LogP contribution < -0.4 is 18.9 Å². The second-order valence-electron chi connectivity index (χ2n) is 7.96. The predicted molar refractivity (Wildman–Crippen MR) is 125 cm³/mol. The maximum Gasteiger partial charge on any atom is 0.231 e. The van der Waals surface area contributed by atoms with Gasteiger partial charge in [-0.15, -0.1) is 0 Å². The SMILES string of the molecule is C=C=C=C=C=C(F)[C@@H]1CCN([C@@H](C)c2ccccc2)C[C@H]1COc1ccc2c(c1)OCO2.FF.[F-].[HH]. The number of benzene rings is 2. The van der Waals surface area contributed by atoms with Gasteiger partial charge in [0.25, 0.3) is 0 Å². The lowest BCUT2D eigenvalue weighted by Gasteiger charge is -2.40. The number of hydrogen-bond donors (Lipinski definition) is 0. The van der Waals surface area contributed by atoms with Crippen LogP contribution in [0.1, 0.15) is 26.4 Å². The molecule has 0 saturated carbocycles. The number of fused-ring (bicyclic) bond motifs is 1. The minimum absolute atomic E-state index is 0. The normalized spacial score (nSPS) is 18.7. The van der Waals surface area contributed by atoms with Gasteiger partial charge in [0.1, 0.15) is 5.75 Å². The Labute approximate surface area is 203 Å². The van der Waals surface area contributed by atoms with Crippen LogP contribution in [-0.2, 0) is 0 Å². The van der Waals surface area contributed by atoms with E-state index in [0.29, 0.717) is 36.8 Å². The van der Waals surface area contributed by atoms with Gasteiger partial charge in [-0.2, -0.15) is 0 Å². The fraction of sp³-hybridized carbons (Fsp3) is 0.333. The first kappa shape index (κ1) is 27.6. The second-order valence-corrected chi connectivity index (χ2v) is 7.96. The molecule has 0 N–H and O–H groups in total. The molecule has 35 heavy (non-hydrogen) atoms. The molecule has 2 aromatic rings. The third kappa shape index (κ3) is 7.18. The van der Waals surface area contributed by atoms with E-state index in [-0.39, 0.29) is 36.6 Å². The van der Waals surface area contributed by atoms with Crippen LogP contribution >= 0.6 is 0 Å². The highest BCUT2D eigenvalue weighted by Crippen LogP contribution is 2.37. The molecule has 0 spiro atoms. The van der Waals surface area contributed by atoms with Crippen LogP contribution in [0.4, 0.5) is 13.5 Å². The lowest BCUT2D eigenvalue weighted by atomic mass is 9.84. The van der Waals surface area contributed by atoms with Crippen LogP contribution in [0.3, 0.4) is 0 Å². The minimum atomic E-state index is -0.334. The molecule has 1 saturated heterocycles. The van der Waals surface area contributed by atoms with Crippen LogP contribution in [0, 0.1) is 11.8 Å². The molecule has 2 heterocycles. The smallest absolute Gasteiger partial charge is 0.231 e. The average molecular weight is 491 g/mol. The zero-order valence-corrected chi connectivity index (χ0v) is 19.3. The number of likely N-dealkylation sites (tertiary alicyclic amines) is 1. The summed E-state index contributed by atoms with van der Waals surface area (Å²) in [6.07, 6.45) is 0.671. The van der Waals surface area contributed by atoms with Gasteiger partial charge in [-0.1, -0.05) is 36.1 Å². The first-order valence-corrected chi connectivity index (χ1v) is 10.9. The molecule has 4 rings (SSSR count). The van der Waals surface area contributed by atoms with Crippen molar-refractivity contribution in [1.82, 2.24) is 4.90 Å². The van der Waals surface area contributed by atoms with Crippen LogP contribution in [0.5, 0.6) is 17.2 Å². The first-order chi connectivity index (χ1) is 16.7. The Bertz CT molecular complexity index is 1120. The molecule has 3 atom stereocenters. The summed E-state index contributed by atoms with van der Waals surface area (Å²) in [5.74, 6) is 1.36. The largest absolute Gasteiger partial charge is 1.00 e. The number of hydrogen-bond acceptors (Lipinski definition) is 4. The molecule has 0 aliphatic carbocycles. The van der Waals surface area contributed by atoms with E-state index in [0.717, 1.165) is 6.54 Å². The Hall–Kier alpha value is -3.62. The summed E-state index contributed by atoms with van der Waals surface area (Å²) in [6.45, 7) is 7.69. The lowest BCUT2D eigenvalue weighted by molar-refractivity contribution is -0.0000101. The zero-order valence-electron chi connectivity index (χ0n) is 19.3. The summed E-state index contributed by atoms with van der Waals surface area (Å²) in [5, 5.41) is 0. The number of ether oxygens (including phenoxy) is 3. The van der Waals surface area contributed by atoms with Crippen molar-refractivity contribution in [3.63, 3.8) is 0 Å². The van der Waals surface area contributed by atoms with E-state index >= 15 is 0 Å². The van der Waals surface area contributed by atoms with E-state index < -0.39 is 0 Å². The Morgan fingerprint density at radius 2 is 1.91 bits per heavy atom. The molecular formula is C27H28F4NO3-. The standard InChI is InChI=1S/C27H26FNO3.F2.FH.H2/c1-3-4-6-11-25(28)24-14-15-29(20(2)21-9-7-5-8-10-21)17-22(24)18-30-23-12-13-26-27(16-23)32-19-31-26;1-2;;/h5,7-10,12-13,16,20,22,24H,1,14-15,17-19H2,2H3;;2*1H/p-1/t20-,22-,24+;;;/m0.../s1. The Morgan fingerprint density at radius 1 is 1.17 bits per heavy atom. The maximum absolute atomic E-state index is 15.0. The van der Waals surface area contributed by atoms with Gasteiger partial charge in [-0.3, -0.25) is 4.90 Å². The van der Waals surface area contributed by atoms with Gasteiger partial charge in [-0.25, -0.2) is 4.39 Å². The molecule has 2 aromatic carbocycles. The van der Waals surface area contributed by atoms with Gasteiger partial charge >= 0.3 is 0 Å². The molecule has 8 heteroatoms. The summed E-state index contributed by atoms with van der Waals surface area (Å²) >= 11 is 0. The van der Waals surface area contributed by atoms with E-state index in [9.17, 15) is 4.39 Å². The van der Waals surface area contributed by atoms with E-state index in [1.54, 1.807) is 0 Å². The number of rotatable bonds is 6. The lowest BCUT2D eigenvalue weighted by Crippen LogP contribution is -3.00. The van der Waals surface area contributed by atoms with Crippen LogP contribution in [0.15, 0.2) is 83.9 Å². The van der Waals surface area contributed by atoms with Crippen molar-refractivity contribution in [2.24, 2.45) is 11.8 Å². The van der Waals surface area contributed by atoms with E-state index in [2.05, 4.69) is 53.5 Å². The fourth-order valence-corrected chi connectivity index (χ4v) is 4.25. The maximum atomic E-state index is 15.0. The topological polar surface area (TPSA) is 30.9 Å². The van der Waals surface area contributed by atoms with Crippen LogP contribution in [-0.4, -0.2) is 31.4 Å². The predicted octanol–water partition coefficient (Wildman–Crippen LogP) is 3.69. The van der Waals surface area contributed by atoms with E-state index in [1.165, 1.54) is 5.56 Å². The monoisotopic (exact) mass is 490 g/mol. The third-order valence-electron chi connectivity index (χ3n) is 6.06. The van der Waals surface area contributed by atoms with Crippen molar-refractivity contribution in [1.29, 1.82) is 0 Å². The highest BCUT2D eigenvalue weighted by atomic mass is 20.0. The minimum Gasteiger partial charge on any atom is -1.00 e. The van der Waals surface area contributed by atoms with Crippen molar-refractivity contribution in [3.8, 4) is 17.2 Å². The summed E-state index contributed by atoms with van der Waals surface area (Å²) in [7, 11) is 0. The number of nitrogens with zero attached hydrogens (tertiary/aromatic N) is 1. The first-order valence-electron chi connectivity index (χ1n) is 10.9. The van der Waals surface area contributed by atoms with E-state index in [1.807, 2.05) is 36.4 Å². The van der Waals surface area contributed by atoms with Gasteiger partial charge < -0.3 is 18.9 Å². The fourth-order valence-electron chi connectivity index (χ4n) is 4.25. The molecule has 0 radical (unpaired) electrons. The van der Waals surface area contributed by atoms with Crippen molar-refractivity contribution in [2.75, 3.05) is 26.5 Å². The van der Waals surface area contributed by atoms with Gasteiger partial charge in [0.15, 0.2) is 17.3 Å². The number of halogens is 4. The summed E-state index contributed by atoms with van der Waals surface area (Å²) in [4.78, 5) is 2.38. The highest BCUT2D eigenvalue weighted by Gasteiger charge is 2.35. The van der Waals surface area contributed by atoms with Crippen molar-refractivity contribution in [2.45, 2.75) is 19.4 Å². The van der Waals surface area contributed by atoms with Crippen LogP contribution in [0.2, 0.25) is 0 Å². The van der Waals surface area contributed by atoms with Gasteiger partial charge in [0, 0.05) is 41.1 Å². The molecule has 0 unspecified atom stereocenters. The number of allylic oxidation sites excluding steroid dienone is 1. The molecule has 0 aromatic heterocycles. The van der Waals surface area contributed by atoms with Crippen LogP contribution in [0.25, 0.3) is 0 Å². The molecule has 1 fully saturated rings. The Morgan fingerprint density at radius 3 is 2.66 bits per heavy atom. The Kier molecular flexibility index (Phi) is 11.0. The van der Waals surface area contributed by atoms with Crippen molar-refractivity contribution < 1.29 is 33.9 Å². The third-order valence-corrected chi connectivity index (χ3v) is 6.06.